The molecule has 0 spiro atoms. The fraction of sp³-hybridized carbons (Fsp3) is 0.607. The highest BCUT2D eigenvalue weighted by molar-refractivity contribution is 5.92. The Kier molecular flexibility index (Phi) is 5.59. The number of ether oxygens (including phenoxy) is 1. The summed E-state index contributed by atoms with van der Waals surface area (Å²) in [5, 5.41) is 9.79. The van der Waals surface area contributed by atoms with Crippen LogP contribution in [0.2, 0.25) is 0 Å². The van der Waals surface area contributed by atoms with Crippen LogP contribution in [0.5, 0.6) is 0 Å². The first-order valence-electron chi connectivity index (χ1n) is 12.4. The van der Waals surface area contributed by atoms with Crippen LogP contribution in [-0.4, -0.2) is 35.4 Å². The summed E-state index contributed by atoms with van der Waals surface area (Å²) in [6, 6.07) is 8.91. The molecule has 0 radical (unpaired) electrons. The Labute approximate surface area is 195 Å². The van der Waals surface area contributed by atoms with Crippen LogP contribution in [0.4, 0.5) is 0 Å². The lowest BCUT2D eigenvalue weighted by Gasteiger charge is -2.57. The SMILES string of the molecule is C[C@]12CCC3C(CCC4=CC(=O)CC[C@@]43C)C1C[C@@H](OC(=O)c1ccccc1)C2C(=O)CO. The third-order valence-corrected chi connectivity index (χ3v) is 9.74. The molecule has 0 bridgehead atoms. The van der Waals surface area contributed by atoms with Crippen molar-refractivity contribution in [3.63, 3.8) is 0 Å². The highest BCUT2D eigenvalue weighted by Gasteiger charge is 2.63. The van der Waals surface area contributed by atoms with Gasteiger partial charge in [-0.05, 0) is 85.3 Å². The number of rotatable bonds is 4. The zero-order chi connectivity index (χ0) is 23.4. The predicted molar refractivity (Wildman–Crippen MR) is 123 cm³/mol. The van der Waals surface area contributed by atoms with Crippen molar-refractivity contribution in [3.05, 3.63) is 47.5 Å². The van der Waals surface area contributed by atoms with Crippen LogP contribution in [0.1, 0.15) is 69.2 Å². The van der Waals surface area contributed by atoms with Crippen molar-refractivity contribution >= 4 is 17.5 Å². The Hall–Kier alpha value is -2.27. The Morgan fingerprint density at radius 3 is 2.55 bits per heavy atom. The van der Waals surface area contributed by atoms with Crippen LogP contribution in [0.3, 0.4) is 0 Å². The molecule has 4 unspecified atom stereocenters. The second-order valence-corrected chi connectivity index (χ2v) is 11.2. The number of carbonyl (C=O) groups excluding carboxylic acids is 3. The molecule has 5 heteroatoms. The molecule has 1 aromatic carbocycles. The Morgan fingerprint density at radius 1 is 1.06 bits per heavy atom. The van der Waals surface area contributed by atoms with Gasteiger partial charge in [-0.1, -0.05) is 37.6 Å². The summed E-state index contributed by atoms with van der Waals surface area (Å²) in [6.45, 7) is 4.00. The van der Waals surface area contributed by atoms with Crippen LogP contribution < -0.4 is 0 Å². The van der Waals surface area contributed by atoms with E-state index in [4.69, 9.17) is 4.74 Å². The quantitative estimate of drug-likeness (QED) is 0.682. The maximum absolute atomic E-state index is 13.0. The summed E-state index contributed by atoms with van der Waals surface area (Å²) in [7, 11) is 0. The first kappa shape index (κ1) is 22.5. The fourth-order valence-electron chi connectivity index (χ4n) is 8.12. The second kappa shape index (κ2) is 8.19. The smallest absolute Gasteiger partial charge is 0.338 e. The molecule has 0 heterocycles. The summed E-state index contributed by atoms with van der Waals surface area (Å²) in [5.41, 5.74) is 1.56. The van der Waals surface area contributed by atoms with E-state index >= 15 is 0 Å². The number of aliphatic hydroxyl groups excluding tert-OH is 1. The van der Waals surface area contributed by atoms with Crippen molar-refractivity contribution < 1.29 is 24.2 Å². The van der Waals surface area contributed by atoms with E-state index in [9.17, 15) is 19.5 Å². The summed E-state index contributed by atoms with van der Waals surface area (Å²) in [5.74, 6) is 0.353. The monoisotopic (exact) mass is 450 g/mol. The summed E-state index contributed by atoms with van der Waals surface area (Å²) in [6.07, 6.45) is 7.43. The van der Waals surface area contributed by atoms with E-state index in [1.807, 2.05) is 12.1 Å². The minimum Gasteiger partial charge on any atom is -0.458 e. The van der Waals surface area contributed by atoms with Crippen LogP contribution >= 0.6 is 0 Å². The van der Waals surface area contributed by atoms with Crippen molar-refractivity contribution in [2.75, 3.05) is 6.61 Å². The Balaban J connectivity index is 1.45. The van der Waals surface area contributed by atoms with E-state index in [1.165, 1.54) is 5.57 Å². The normalized spacial score (nSPS) is 39.7. The number of fused-ring (bicyclic) bond motifs is 5. The summed E-state index contributed by atoms with van der Waals surface area (Å²) >= 11 is 0. The van der Waals surface area contributed by atoms with E-state index in [2.05, 4.69) is 13.8 Å². The van der Waals surface area contributed by atoms with Gasteiger partial charge >= 0.3 is 5.97 Å². The Morgan fingerprint density at radius 2 is 1.82 bits per heavy atom. The molecule has 4 aliphatic carbocycles. The maximum Gasteiger partial charge on any atom is 0.338 e. The molecular formula is C28H34O5. The van der Waals surface area contributed by atoms with Crippen molar-refractivity contribution in [3.8, 4) is 0 Å². The third-order valence-electron chi connectivity index (χ3n) is 9.74. The molecule has 5 nitrogen and oxygen atoms in total. The van der Waals surface area contributed by atoms with Gasteiger partial charge in [0.1, 0.15) is 12.7 Å². The number of aliphatic hydroxyl groups is 1. The zero-order valence-electron chi connectivity index (χ0n) is 19.6. The number of hydrogen-bond acceptors (Lipinski definition) is 5. The molecule has 4 aliphatic rings. The molecule has 0 aromatic heterocycles. The Bertz CT molecular complexity index is 997. The zero-order valence-corrected chi connectivity index (χ0v) is 19.6. The number of esters is 1. The van der Waals surface area contributed by atoms with Gasteiger partial charge in [0.05, 0.1) is 11.5 Å². The fourth-order valence-corrected chi connectivity index (χ4v) is 8.12. The molecule has 1 aromatic rings. The van der Waals surface area contributed by atoms with Crippen molar-refractivity contribution in [1.29, 1.82) is 0 Å². The van der Waals surface area contributed by atoms with Crippen LogP contribution in [-0.2, 0) is 14.3 Å². The molecule has 1 N–H and O–H groups in total. The van der Waals surface area contributed by atoms with Gasteiger partial charge in [0.15, 0.2) is 11.6 Å². The number of benzene rings is 1. The predicted octanol–water partition coefficient (Wildman–Crippen LogP) is 4.53. The number of ketones is 2. The van der Waals surface area contributed by atoms with Gasteiger partial charge in [-0.25, -0.2) is 4.79 Å². The van der Waals surface area contributed by atoms with Crippen LogP contribution in [0.25, 0.3) is 0 Å². The maximum atomic E-state index is 13.0. The molecular weight excluding hydrogens is 416 g/mol. The standard InChI is InChI=1S/C28H34O5/c1-27-12-10-19(30)14-18(27)8-9-20-21(27)11-13-28(2)22(20)15-24(25(28)23(31)16-29)33-26(32)17-6-4-3-5-7-17/h3-7,14,20-22,24-25,29H,8-13,15-16H2,1-2H3/t20?,21?,22?,24-,25?,27+,28+/m1/s1. The first-order chi connectivity index (χ1) is 15.8. The summed E-state index contributed by atoms with van der Waals surface area (Å²) < 4.78 is 5.99. The van der Waals surface area contributed by atoms with E-state index in [0.29, 0.717) is 30.2 Å². The van der Waals surface area contributed by atoms with Gasteiger partial charge in [0.2, 0.25) is 0 Å². The number of hydrogen-bond donors (Lipinski definition) is 1. The highest BCUT2D eigenvalue weighted by atomic mass is 16.5. The van der Waals surface area contributed by atoms with Gasteiger partial charge in [-0.15, -0.1) is 0 Å². The van der Waals surface area contributed by atoms with Crippen LogP contribution in [0, 0.1) is 34.5 Å². The largest absolute Gasteiger partial charge is 0.458 e. The average molecular weight is 451 g/mol. The highest BCUT2D eigenvalue weighted by Crippen LogP contribution is 2.67. The molecule has 5 rings (SSSR count). The van der Waals surface area contributed by atoms with E-state index in [0.717, 1.165) is 32.1 Å². The second-order valence-electron chi connectivity index (χ2n) is 11.2. The van der Waals surface area contributed by atoms with Gasteiger partial charge in [0.25, 0.3) is 0 Å². The minimum atomic E-state index is -0.521. The molecule has 0 amide bonds. The average Bonchev–Trinajstić information content (AvgIpc) is 3.11. The van der Waals surface area contributed by atoms with Gasteiger partial charge in [-0.3, -0.25) is 9.59 Å². The number of carbonyl (C=O) groups is 3. The van der Waals surface area contributed by atoms with E-state index in [1.54, 1.807) is 24.3 Å². The number of allylic oxidation sites excluding steroid dienone is 1. The molecule has 176 valence electrons. The topological polar surface area (TPSA) is 80.7 Å². The molecule has 33 heavy (non-hydrogen) atoms. The molecule has 3 saturated carbocycles. The molecule has 7 atom stereocenters. The lowest BCUT2D eigenvalue weighted by atomic mass is 9.46. The van der Waals surface area contributed by atoms with Crippen LogP contribution in [0.15, 0.2) is 42.0 Å². The van der Waals surface area contributed by atoms with E-state index in [-0.39, 0.29) is 28.3 Å². The first-order valence-corrected chi connectivity index (χ1v) is 12.4. The van der Waals surface area contributed by atoms with Crippen molar-refractivity contribution in [1.82, 2.24) is 0 Å². The van der Waals surface area contributed by atoms with E-state index < -0.39 is 24.6 Å². The van der Waals surface area contributed by atoms with Crippen molar-refractivity contribution in [2.24, 2.45) is 34.5 Å². The summed E-state index contributed by atoms with van der Waals surface area (Å²) in [4.78, 5) is 38.0. The lowest BCUT2D eigenvalue weighted by molar-refractivity contribution is -0.136. The minimum absolute atomic E-state index is 0.0491. The molecule has 0 aliphatic heterocycles. The van der Waals surface area contributed by atoms with Gasteiger partial charge in [0, 0.05) is 6.42 Å². The number of Topliss-reactive ketones (excluding diaryl/α,β-unsaturated/α-hetero) is 1. The van der Waals surface area contributed by atoms with Gasteiger partial charge < -0.3 is 9.84 Å². The molecule has 0 saturated heterocycles. The third kappa shape index (κ3) is 3.51. The molecule has 3 fully saturated rings. The lowest BCUT2D eigenvalue weighted by Crippen LogP contribution is -2.51. The van der Waals surface area contributed by atoms with Gasteiger partial charge in [-0.2, -0.15) is 0 Å². The van der Waals surface area contributed by atoms with Crippen molar-refractivity contribution in [2.45, 2.75) is 64.9 Å².